The zero-order chi connectivity index (χ0) is 19.5. The molecule has 0 fully saturated rings. The number of carbonyl (C=O) groups is 1. The van der Waals surface area contributed by atoms with Gasteiger partial charge in [-0.1, -0.05) is 34.4 Å². The lowest BCUT2D eigenvalue weighted by atomic mass is 9.96. The molecule has 142 valence electrons. The van der Waals surface area contributed by atoms with Gasteiger partial charge in [-0.25, -0.2) is 9.18 Å². The number of oxime groups is 1. The zero-order valence-electron chi connectivity index (χ0n) is 13.8. The van der Waals surface area contributed by atoms with E-state index in [0.717, 1.165) is 12.3 Å². The summed E-state index contributed by atoms with van der Waals surface area (Å²) in [5.41, 5.74) is -0.0272. The molecular formula is C15H15Cl2FN2O5S. The van der Waals surface area contributed by atoms with E-state index in [1.165, 1.54) is 12.1 Å². The van der Waals surface area contributed by atoms with Gasteiger partial charge in [0, 0.05) is 17.0 Å². The fraction of sp³-hybridized carbons (Fsp3) is 0.333. The summed E-state index contributed by atoms with van der Waals surface area (Å²) in [5, 5.41) is 6.32. The fourth-order valence-electron chi connectivity index (χ4n) is 2.23. The van der Waals surface area contributed by atoms with E-state index in [-0.39, 0.29) is 40.1 Å². The Balaban J connectivity index is 2.47. The number of nitrogens with one attached hydrogen (secondary N) is 1. The van der Waals surface area contributed by atoms with Gasteiger partial charge in [-0.2, -0.15) is 8.42 Å². The van der Waals surface area contributed by atoms with Crippen molar-refractivity contribution >= 4 is 45.0 Å². The number of hydrogen-bond donors (Lipinski definition) is 1. The minimum atomic E-state index is -3.89. The maximum absolute atomic E-state index is 14.3. The van der Waals surface area contributed by atoms with Gasteiger partial charge in [-0.3, -0.25) is 4.28 Å². The highest BCUT2D eigenvalue weighted by Gasteiger charge is 2.32. The van der Waals surface area contributed by atoms with Gasteiger partial charge in [0.1, 0.15) is 17.2 Å². The van der Waals surface area contributed by atoms with Crippen molar-refractivity contribution < 1.29 is 26.6 Å². The molecule has 1 N–H and O–H groups in total. The second-order valence-corrected chi connectivity index (χ2v) is 7.66. The summed E-state index contributed by atoms with van der Waals surface area (Å²) >= 11 is 11.9. The Morgan fingerprint density at radius 1 is 1.42 bits per heavy atom. The molecule has 0 bridgehead atoms. The standard InChI is InChI=1S/C15H15Cl2FN2O5S/c1-3-24-15(21)14-13(17)12(20-25-26(2,22)23)7-11(19-14)9-5-4-8(16)6-10(9)18/h4-6,11,19H,3,7H2,1-2H3. The van der Waals surface area contributed by atoms with Crippen LogP contribution in [0.3, 0.4) is 0 Å². The number of carbonyl (C=O) groups excluding carboxylic acids is 1. The number of esters is 1. The van der Waals surface area contributed by atoms with Crippen molar-refractivity contribution in [2.45, 2.75) is 19.4 Å². The summed E-state index contributed by atoms with van der Waals surface area (Å²) < 4.78 is 45.9. The van der Waals surface area contributed by atoms with E-state index in [1.807, 2.05) is 0 Å². The quantitative estimate of drug-likeness (QED) is 0.576. The molecule has 7 nitrogen and oxygen atoms in total. The average Bonchev–Trinajstić information content (AvgIpc) is 2.53. The average molecular weight is 425 g/mol. The summed E-state index contributed by atoms with van der Waals surface area (Å²) in [6.07, 6.45) is 0.772. The van der Waals surface area contributed by atoms with Crippen LogP contribution in [0.4, 0.5) is 4.39 Å². The van der Waals surface area contributed by atoms with E-state index in [1.54, 1.807) is 6.92 Å². The Morgan fingerprint density at radius 2 is 2.12 bits per heavy atom. The lowest BCUT2D eigenvalue weighted by molar-refractivity contribution is -0.139. The van der Waals surface area contributed by atoms with Crippen LogP contribution < -0.4 is 5.32 Å². The summed E-state index contributed by atoms with van der Waals surface area (Å²) in [7, 11) is -3.89. The van der Waals surface area contributed by atoms with Crippen LogP contribution in [0.15, 0.2) is 34.1 Å². The second-order valence-electron chi connectivity index (χ2n) is 5.29. The van der Waals surface area contributed by atoms with Crippen molar-refractivity contribution in [2.24, 2.45) is 5.16 Å². The van der Waals surface area contributed by atoms with Crippen LogP contribution in [-0.2, 0) is 23.9 Å². The molecule has 1 aromatic rings. The summed E-state index contributed by atoms with van der Waals surface area (Å²) in [6.45, 7) is 1.69. The summed E-state index contributed by atoms with van der Waals surface area (Å²) in [4.78, 5) is 12.1. The maximum atomic E-state index is 14.3. The minimum Gasteiger partial charge on any atom is -0.461 e. The second kappa shape index (κ2) is 8.24. The topological polar surface area (TPSA) is 94.1 Å². The van der Waals surface area contributed by atoms with Crippen molar-refractivity contribution in [1.29, 1.82) is 0 Å². The first-order chi connectivity index (χ1) is 12.1. The number of rotatable bonds is 5. The molecule has 0 aliphatic carbocycles. The third-order valence-corrected chi connectivity index (χ3v) is 4.28. The molecule has 2 rings (SSSR count). The SMILES string of the molecule is CCOC(=O)C1=C(Cl)C(=NOS(C)(=O)=O)CC(c2ccc(Cl)cc2F)N1. The molecule has 0 radical (unpaired) electrons. The molecule has 1 aromatic carbocycles. The normalized spacial score (nSPS) is 19.3. The predicted molar refractivity (Wildman–Crippen MR) is 94.8 cm³/mol. The van der Waals surface area contributed by atoms with Crippen molar-refractivity contribution in [3.05, 3.63) is 45.3 Å². The molecule has 0 spiro atoms. The van der Waals surface area contributed by atoms with Gasteiger partial charge >= 0.3 is 16.1 Å². The molecule has 11 heteroatoms. The first kappa shape index (κ1) is 20.5. The van der Waals surface area contributed by atoms with Gasteiger partial charge in [0.15, 0.2) is 0 Å². The molecule has 1 unspecified atom stereocenters. The summed E-state index contributed by atoms with van der Waals surface area (Å²) in [6, 6.07) is 3.27. The first-order valence-corrected chi connectivity index (χ1v) is 9.94. The van der Waals surface area contributed by atoms with E-state index < -0.39 is 27.9 Å². The Labute approximate surface area is 159 Å². The number of ether oxygens (including phenoxy) is 1. The minimum absolute atomic E-state index is 0.0319. The first-order valence-electron chi connectivity index (χ1n) is 7.36. The van der Waals surface area contributed by atoms with Gasteiger partial charge in [-0.15, -0.1) is 0 Å². The number of benzene rings is 1. The van der Waals surface area contributed by atoms with Crippen LogP contribution in [0.2, 0.25) is 5.02 Å². The van der Waals surface area contributed by atoms with E-state index in [2.05, 4.69) is 14.8 Å². The molecule has 0 aromatic heterocycles. The van der Waals surface area contributed by atoms with Crippen molar-refractivity contribution in [1.82, 2.24) is 5.32 Å². The number of hydrogen-bond acceptors (Lipinski definition) is 7. The van der Waals surface area contributed by atoms with Gasteiger partial charge < -0.3 is 10.1 Å². The van der Waals surface area contributed by atoms with E-state index in [0.29, 0.717) is 0 Å². The van der Waals surface area contributed by atoms with Crippen molar-refractivity contribution in [3.8, 4) is 0 Å². The molecule has 0 saturated carbocycles. The Kier molecular flexibility index (Phi) is 6.48. The maximum Gasteiger partial charge on any atom is 0.356 e. The van der Waals surface area contributed by atoms with E-state index >= 15 is 0 Å². The smallest absolute Gasteiger partial charge is 0.356 e. The lowest BCUT2D eigenvalue weighted by Gasteiger charge is -2.27. The molecular weight excluding hydrogens is 410 g/mol. The Bertz CT molecular complexity index is 886. The number of allylic oxidation sites excluding steroid dienone is 1. The van der Waals surface area contributed by atoms with Crippen molar-refractivity contribution in [3.63, 3.8) is 0 Å². The highest BCUT2D eigenvalue weighted by atomic mass is 35.5. The van der Waals surface area contributed by atoms with Crippen LogP contribution in [0.25, 0.3) is 0 Å². The molecule has 26 heavy (non-hydrogen) atoms. The Hall–Kier alpha value is -1.84. The zero-order valence-corrected chi connectivity index (χ0v) is 16.1. The highest BCUT2D eigenvalue weighted by molar-refractivity contribution is 7.85. The largest absolute Gasteiger partial charge is 0.461 e. The van der Waals surface area contributed by atoms with E-state index in [9.17, 15) is 17.6 Å². The van der Waals surface area contributed by atoms with E-state index in [4.69, 9.17) is 27.9 Å². The van der Waals surface area contributed by atoms with Gasteiger partial charge in [0.2, 0.25) is 0 Å². The lowest BCUT2D eigenvalue weighted by Crippen LogP contribution is -2.35. The predicted octanol–water partition coefficient (Wildman–Crippen LogP) is 2.86. The number of nitrogens with zero attached hydrogens (tertiary/aromatic N) is 1. The summed E-state index contributed by atoms with van der Waals surface area (Å²) in [5.74, 6) is -1.40. The van der Waals surface area contributed by atoms with Crippen LogP contribution >= 0.6 is 23.2 Å². The van der Waals surface area contributed by atoms with Crippen molar-refractivity contribution in [2.75, 3.05) is 12.9 Å². The molecule has 1 heterocycles. The van der Waals surface area contributed by atoms with Crippen LogP contribution in [0, 0.1) is 5.82 Å². The Morgan fingerprint density at radius 3 is 2.69 bits per heavy atom. The van der Waals surface area contributed by atoms with Gasteiger partial charge in [0.25, 0.3) is 0 Å². The third kappa shape index (κ3) is 5.09. The fourth-order valence-corrected chi connectivity index (χ4v) is 2.86. The molecule has 1 atom stereocenters. The molecule has 1 aliphatic heterocycles. The third-order valence-electron chi connectivity index (χ3n) is 3.29. The molecule has 1 aliphatic rings. The van der Waals surface area contributed by atoms with Crippen LogP contribution in [-0.4, -0.2) is 33.0 Å². The number of halogens is 3. The van der Waals surface area contributed by atoms with Gasteiger partial charge in [0.05, 0.1) is 23.9 Å². The monoisotopic (exact) mass is 424 g/mol. The molecule has 0 saturated heterocycles. The molecule has 0 amide bonds. The van der Waals surface area contributed by atoms with Gasteiger partial charge in [-0.05, 0) is 19.1 Å². The highest BCUT2D eigenvalue weighted by Crippen LogP contribution is 2.31. The van der Waals surface area contributed by atoms with Crippen LogP contribution in [0.1, 0.15) is 24.9 Å². The van der Waals surface area contributed by atoms with Crippen LogP contribution in [0.5, 0.6) is 0 Å².